The van der Waals surface area contributed by atoms with Gasteiger partial charge in [0.05, 0.1) is 39.3 Å². The quantitative estimate of drug-likeness (QED) is 0.451. The molecule has 4 rings (SSSR count). The van der Waals surface area contributed by atoms with Gasteiger partial charge in [0.1, 0.15) is 23.0 Å². The number of benzene rings is 2. The maximum Gasteiger partial charge on any atom is 0.154 e. The largest absolute Gasteiger partial charge is 0.497 e. The van der Waals surface area contributed by atoms with Gasteiger partial charge in [-0.25, -0.2) is 0 Å². The van der Waals surface area contributed by atoms with Gasteiger partial charge in [0.15, 0.2) is 5.78 Å². The molecule has 2 aromatic rings. The molecule has 2 aromatic carbocycles. The van der Waals surface area contributed by atoms with Gasteiger partial charge in [0.25, 0.3) is 0 Å². The van der Waals surface area contributed by atoms with E-state index >= 15 is 4.79 Å². The Morgan fingerprint density at radius 2 is 0.971 bits per heavy atom. The first-order valence-electron chi connectivity index (χ1n) is 12.5. The molecule has 0 aliphatic heterocycles. The first-order chi connectivity index (χ1) is 16.5. The van der Waals surface area contributed by atoms with Crippen molar-refractivity contribution in [1.29, 1.82) is 0 Å². The molecule has 5 heteroatoms. The fourth-order valence-electron chi connectivity index (χ4n) is 6.38. The highest BCUT2D eigenvalue weighted by atomic mass is 16.5. The van der Waals surface area contributed by atoms with Gasteiger partial charge in [-0.3, -0.25) is 4.79 Å². The van der Waals surface area contributed by atoms with Crippen LogP contribution in [0.2, 0.25) is 0 Å². The summed E-state index contributed by atoms with van der Waals surface area (Å²) in [6.45, 7) is 0. The van der Waals surface area contributed by atoms with Crippen LogP contribution in [0.5, 0.6) is 23.0 Å². The Kier molecular flexibility index (Phi) is 7.39. The van der Waals surface area contributed by atoms with E-state index in [1.165, 1.54) is 0 Å². The van der Waals surface area contributed by atoms with Crippen LogP contribution in [0.1, 0.15) is 75.3 Å². The minimum absolute atomic E-state index is 0.303. The van der Waals surface area contributed by atoms with Crippen molar-refractivity contribution in [2.45, 2.75) is 75.0 Å². The van der Waals surface area contributed by atoms with Gasteiger partial charge in [-0.05, 0) is 62.1 Å². The summed E-state index contributed by atoms with van der Waals surface area (Å²) in [7, 11) is 6.72. The molecule has 0 atom stereocenters. The molecule has 0 N–H and O–H groups in total. The summed E-state index contributed by atoms with van der Waals surface area (Å²) in [5, 5.41) is 0. The average molecular weight is 467 g/mol. The summed E-state index contributed by atoms with van der Waals surface area (Å²) in [6.07, 6.45) is 9.69. The second-order valence-electron chi connectivity index (χ2n) is 9.75. The van der Waals surface area contributed by atoms with Crippen LogP contribution in [0.4, 0.5) is 0 Å². The molecule has 0 radical (unpaired) electrons. The van der Waals surface area contributed by atoms with E-state index in [0.29, 0.717) is 5.78 Å². The minimum Gasteiger partial charge on any atom is -0.497 e. The molecule has 34 heavy (non-hydrogen) atoms. The van der Waals surface area contributed by atoms with Gasteiger partial charge in [-0.2, -0.15) is 0 Å². The van der Waals surface area contributed by atoms with Gasteiger partial charge >= 0.3 is 0 Å². The molecule has 5 nitrogen and oxygen atoms in total. The number of ether oxygens (including phenoxy) is 4. The highest BCUT2D eigenvalue weighted by Crippen LogP contribution is 2.54. The highest BCUT2D eigenvalue weighted by Gasteiger charge is 2.54. The number of hydrogen-bond donors (Lipinski definition) is 0. The first kappa shape index (κ1) is 24.4. The van der Waals surface area contributed by atoms with E-state index in [2.05, 4.69) is 0 Å². The maximum absolute atomic E-state index is 15.1. The number of ketones is 1. The third-order valence-electron chi connectivity index (χ3n) is 8.13. The van der Waals surface area contributed by atoms with Crippen LogP contribution in [0.15, 0.2) is 36.4 Å². The molecule has 2 saturated carbocycles. The van der Waals surface area contributed by atoms with Crippen molar-refractivity contribution < 1.29 is 23.7 Å². The standard InChI is InChI=1S/C29H38O5/c1-31-21-11-13-25(33-3)23(19-21)28(15-7-5-8-16-28)27(30)29(17-9-6-10-18-29)24-20-22(32-2)12-14-26(24)34-4/h11-14,19-20H,5-10,15-18H2,1-4H3. The smallest absolute Gasteiger partial charge is 0.154 e. The number of carbonyl (C=O) groups excluding carboxylic acids is 1. The van der Waals surface area contributed by atoms with Crippen molar-refractivity contribution >= 4 is 5.78 Å². The lowest BCUT2D eigenvalue weighted by molar-refractivity contribution is -0.133. The fraction of sp³-hybridized carbons (Fsp3) is 0.552. The molecule has 0 spiro atoms. The van der Waals surface area contributed by atoms with Crippen molar-refractivity contribution in [2.75, 3.05) is 28.4 Å². The molecule has 0 bridgehead atoms. The Hall–Kier alpha value is -2.69. The SMILES string of the molecule is COc1ccc(OC)c(C2(C(=O)C3(c4cc(OC)ccc4OC)CCCCC3)CCCCC2)c1. The van der Waals surface area contributed by atoms with Gasteiger partial charge < -0.3 is 18.9 Å². The minimum atomic E-state index is -0.621. The maximum atomic E-state index is 15.1. The summed E-state index contributed by atoms with van der Waals surface area (Å²) in [5.41, 5.74) is 0.685. The molecule has 0 aromatic heterocycles. The van der Waals surface area contributed by atoms with Crippen LogP contribution < -0.4 is 18.9 Å². The van der Waals surface area contributed by atoms with Crippen LogP contribution in [0.25, 0.3) is 0 Å². The van der Waals surface area contributed by atoms with Gasteiger partial charge in [0, 0.05) is 11.1 Å². The predicted molar refractivity (Wildman–Crippen MR) is 134 cm³/mol. The number of hydrogen-bond acceptors (Lipinski definition) is 5. The zero-order valence-electron chi connectivity index (χ0n) is 21.1. The summed E-state index contributed by atoms with van der Waals surface area (Å²) < 4.78 is 22.8. The Balaban J connectivity index is 1.94. The molecule has 2 aliphatic rings. The lowest BCUT2D eigenvalue weighted by Gasteiger charge is -2.47. The van der Waals surface area contributed by atoms with Crippen molar-refractivity contribution in [3.05, 3.63) is 47.5 Å². The molecule has 0 unspecified atom stereocenters. The monoisotopic (exact) mass is 466 g/mol. The zero-order valence-corrected chi connectivity index (χ0v) is 21.1. The van der Waals surface area contributed by atoms with Gasteiger partial charge in [-0.15, -0.1) is 0 Å². The van der Waals surface area contributed by atoms with Crippen LogP contribution in [-0.4, -0.2) is 34.2 Å². The van der Waals surface area contributed by atoms with Crippen molar-refractivity contribution in [3.63, 3.8) is 0 Å². The van der Waals surface area contributed by atoms with Crippen LogP contribution in [0.3, 0.4) is 0 Å². The van der Waals surface area contributed by atoms with E-state index in [-0.39, 0.29) is 0 Å². The predicted octanol–water partition coefficient (Wildman–Crippen LogP) is 6.39. The Labute approximate surface area is 203 Å². The second kappa shape index (κ2) is 10.3. The Morgan fingerprint density at radius 1 is 0.588 bits per heavy atom. The summed E-state index contributed by atoms with van der Waals surface area (Å²) >= 11 is 0. The van der Waals surface area contributed by atoms with E-state index < -0.39 is 10.8 Å². The molecule has 0 saturated heterocycles. The second-order valence-corrected chi connectivity index (χ2v) is 9.75. The first-order valence-corrected chi connectivity index (χ1v) is 12.5. The van der Waals surface area contributed by atoms with Crippen LogP contribution >= 0.6 is 0 Å². The van der Waals surface area contributed by atoms with Crippen LogP contribution in [-0.2, 0) is 15.6 Å². The lowest BCUT2D eigenvalue weighted by Crippen LogP contribution is -2.51. The average Bonchev–Trinajstić information content (AvgIpc) is 2.92. The third-order valence-corrected chi connectivity index (χ3v) is 8.13. The van der Waals surface area contributed by atoms with Crippen molar-refractivity contribution in [1.82, 2.24) is 0 Å². The van der Waals surface area contributed by atoms with Gasteiger partial charge in [0.2, 0.25) is 0 Å². The van der Waals surface area contributed by atoms with Crippen LogP contribution in [0, 0.1) is 0 Å². The molecular formula is C29H38O5. The third kappa shape index (κ3) is 4.14. The van der Waals surface area contributed by atoms with Crippen molar-refractivity contribution in [3.8, 4) is 23.0 Å². The number of rotatable bonds is 8. The summed E-state index contributed by atoms with van der Waals surface area (Å²) in [5.74, 6) is 3.34. The molecule has 0 amide bonds. The summed E-state index contributed by atoms with van der Waals surface area (Å²) in [6, 6.07) is 11.8. The molecule has 0 heterocycles. The zero-order chi connectivity index (χ0) is 24.2. The van der Waals surface area contributed by atoms with E-state index in [4.69, 9.17) is 18.9 Å². The van der Waals surface area contributed by atoms with E-state index in [1.807, 2.05) is 36.4 Å². The van der Waals surface area contributed by atoms with E-state index in [9.17, 15) is 0 Å². The molecule has 2 fully saturated rings. The summed E-state index contributed by atoms with van der Waals surface area (Å²) in [4.78, 5) is 15.1. The van der Waals surface area contributed by atoms with Crippen molar-refractivity contribution in [2.24, 2.45) is 0 Å². The number of Topliss-reactive ketones (excluding diaryl/α,β-unsaturated/α-hetero) is 1. The Morgan fingerprint density at radius 3 is 1.29 bits per heavy atom. The van der Waals surface area contributed by atoms with Gasteiger partial charge in [-0.1, -0.05) is 38.5 Å². The molecular weight excluding hydrogens is 428 g/mol. The van der Waals surface area contributed by atoms with E-state index in [0.717, 1.165) is 98.3 Å². The normalized spacial score (nSPS) is 19.2. The lowest BCUT2D eigenvalue weighted by atomic mass is 9.55. The Bertz CT molecular complexity index is 920. The molecule has 2 aliphatic carbocycles. The number of carbonyl (C=O) groups is 1. The highest BCUT2D eigenvalue weighted by molar-refractivity contribution is 6.00. The number of methoxy groups -OCH3 is 4. The fourth-order valence-corrected chi connectivity index (χ4v) is 6.38. The van der Waals surface area contributed by atoms with E-state index in [1.54, 1.807) is 28.4 Å². The topological polar surface area (TPSA) is 54.0 Å². The molecule has 184 valence electrons.